The van der Waals surface area contributed by atoms with Crippen LogP contribution in [0.2, 0.25) is 0 Å². The maximum absolute atomic E-state index is 12.3. The Morgan fingerprint density at radius 2 is 0.526 bits per heavy atom. The van der Waals surface area contributed by atoms with E-state index < -0.39 is 6.10 Å². The van der Waals surface area contributed by atoms with Gasteiger partial charge in [0.2, 0.25) is 0 Å². The Morgan fingerprint density at radius 1 is 0.303 bits per heavy atom. The molecule has 0 rings (SSSR count). The molecule has 0 saturated carbocycles. The molecule has 0 bridgehead atoms. The second kappa shape index (κ2) is 64.8. The van der Waals surface area contributed by atoms with Crippen LogP contribution in [-0.2, 0) is 19.1 Å². The van der Waals surface area contributed by atoms with Gasteiger partial charge in [0.05, 0.1) is 6.61 Å². The quantitative estimate of drug-likeness (QED) is 0.0373. The van der Waals surface area contributed by atoms with Gasteiger partial charge < -0.3 is 14.6 Å². The van der Waals surface area contributed by atoms with Crippen LogP contribution < -0.4 is 0 Å². The van der Waals surface area contributed by atoms with Crippen LogP contribution in [0.15, 0.2) is 158 Å². The Labute approximate surface area is 469 Å². The van der Waals surface area contributed by atoms with E-state index in [4.69, 9.17) is 9.47 Å². The lowest BCUT2D eigenvalue weighted by Crippen LogP contribution is -2.28. The fourth-order valence-corrected chi connectivity index (χ4v) is 8.25. The van der Waals surface area contributed by atoms with Crippen LogP contribution >= 0.6 is 0 Å². The van der Waals surface area contributed by atoms with Gasteiger partial charge in [0.25, 0.3) is 0 Å². The molecule has 76 heavy (non-hydrogen) atoms. The molecule has 0 fully saturated rings. The average molecular weight is 1050 g/mol. The number of unbranched alkanes of at least 4 members (excludes halogenated alkanes) is 21. The first kappa shape index (κ1) is 71.5. The standard InChI is InChI=1S/C71H114O5/c1-3-5-7-9-11-13-15-17-19-21-23-25-27-29-31-32-33-34-35-36-37-38-40-41-43-45-47-49-51-53-55-57-59-61-63-65-70(73)75-68-69(67-72)76-71(74)66-64-62-60-58-56-54-52-50-48-46-44-42-39-30-28-26-24-22-20-18-16-14-12-10-8-6-4-2/h5-8,11-14,17-20,23-26,29-31,33-34,39,44,46,50,52,69,72H,3-4,9-10,15-16,21-22,27-28,32,35-38,40-43,45,47-49,51,53-68H2,1-2H3/b7-5-,8-6-,13-11-,14-12-,19-17-,20-18-,25-23-,26-24-,31-29-,34-33-,39-30-,46-44-,52-50-. The molecule has 5 nitrogen and oxygen atoms in total. The lowest BCUT2D eigenvalue weighted by Gasteiger charge is -2.15. The summed E-state index contributed by atoms with van der Waals surface area (Å²) in [4.78, 5) is 24.6. The molecular weight excluding hydrogens is 933 g/mol. The second-order valence-corrected chi connectivity index (χ2v) is 20.0. The highest BCUT2D eigenvalue weighted by Crippen LogP contribution is 2.16. The summed E-state index contributed by atoms with van der Waals surface area (Å²) >= 11 is 0. The summed E-state index contributed by atoms with van der Waals surface area (Å²) in [6.07, 6.45) is 99.4. The molecule has 1 N–H and O–H groups in total. The van der Waals surface area contributed by atoms with Crippen LogP contribution in [0.1, 0.15) is 258 Å². The monoisotopic (exact) mass is 1050 g/mol. The minimum Gasteiger partial charge on any atom is -0.462 e. The topological polar surface area (TPSA) is 72.8 Å². The molecule has 0 amide bonds. The van der Waals surface area contributed by atoms with Gasteiger partial charge in [-0.15, -0.1) is 0 Å². The summed E-state index contributed by atoms with van der Waals surface area (Å²) < 4.78 is 10.7. The highest BCUT2D eigenvalue weighted by atomic mass is 16.6. The summed E-state index contributed by atoms with van der Waals surface area (Å²) in [5.41, 5.74) is 0. The second-order valence-electron chi connectivity index (χ2n) is 20.0. The molecule has 428 valence electrons. The molecule has 0 aliphatic carbocycles. The third kappa shape index (κ3) is 62.1. The van der Waals surface area contributed by atoms with Crippen molar-refractivity contribution in [1.29, 1.82) is 0 Å². The fraction of sp³-hybridized carbons (Fsp3) is 0.606. The summed E-state index contributed by atoms with van der Waals surface area (Å²) in [7, 11) is 0. The lowest BCUT2D eigenvalue weighted by atomic mass is 10.0. The first-order chi connectivity index (χ1) is 37.6. The predicted molar refractivity (Wildman–Crippen MR) is 334 cm³/mol. The highest BCUT2D eigenvalue weighted by molar-refractivity contribution is 5.70. The van der Waals surface area contributed by atoms with Crippen LogP contribution in [0, 0.1) is 0 Å². The van der Waals surface area contributed by atoms with Crippen molar-refractivity contribution >= 4 is 11.9 Å². The Bertz CT molecular complexity index is 1660. The average Bonchev–Trinajstić information content (AvgIpc) is 3.42. The molecule has 1 unspecified atom stereocenters. The van der Waals surface area contributed by atoms with E-state index in [1.165, 1.54) is 89.9 Å². The third-order valence-corrected chi connectivity index (χ3v) is 12.8. The van der Waals surface area contributed by atoms with Gasteiger partial charge in [-0.1, -0.05) is 281 Å². The normalized spacial score (nSPS) is 13.4. The van der Waals surface area contributed by atoms with Crippen molar-refractivity contribution in [2.45, 2.75) is 264 Å². The minimum atomic E-state index is -0.795. The molecule has 0 aromatic carbocycles. The minimum absolute atomic E-state index is 0.0823. The Morgan fingerprint density at radius 3 is 0.789 bits per heavy atom. The number of rotatable bonds is 55. The molecule has 0 heterocycles. The molecule has 0 aromatic heterocycles. The number of allylic oxidation sites excluding steroid dienone is 26. The molecule has 5 heteroatoms. The summed E-state index contributed by atoms with van der Waals surface area (Å²) in [5, 5.41) is 9.68. The predicted octanol–water partition coefficient (Wildman–Crippen LogP) is 21.5. The summed E-state index contributed by atoms with van der Waals surface area (Å²) in [6, 6.07) is 0. The van der Waals surface area contributed by atoms with E-state index in [-0.39, 0.29) is 25.2 Å². The molecule has 0 aliphatic heterocycles. The van der Waals surface area contributed by atoms with E-state index in [1.807, 2.05) is 0 Å². The molecule has 0 saturated heterocycles. The molecule has 0 aromatic rings. The maximum atomic E-state index is 12.3. The summed E-state index contributed by atoms with van der Waals surface area (Å²) in [5.74, 6) is -0.618. The van der Waals surface area contributed by atoms with Gasteiger partial charge in [0.1, 0.15) is 6.61 Å². The zero-order valence-electron chi connectivity index (χ0n) is 49.0. The van der Waals surface area contributed by atoms with E-state index in [2.05, 4.69) is 172 Å². The molecule has 0 spiro atoms. The van der Waals surface area contributed by atoms with Crippen LogP contribution in [0.5, 0.6) is 0 Å². The Kier molecular flexibility index (Phi) is 61.0. The van der Waals surface area contributed by atoms with Gasteiger partial charge in [-0.3, -0.25) is 9.59 Å². The molecule has 0 aliphatic rings. The van der Waals surface area contributed by atoms with Crippen LogP contribution in [0.25, 0.3) is 0 Å². The number of carbonyl (C=O) groups is 2. The van der Waals surface area contributed by atoms with Gasteiger partial charge in [0, 0.05) is 12.8 Å². The highest BCUT2D eigenvalue weighted by Gasteiger charge is 2.16. The number of hydrogen-bond acceptors (Lipinski definition) is 5. The first-order valence-corrected chi connectivity index (χ1v) is 31.0. The van der Waals surface area contributed by atoms with Gasteiger partial charge in [-0.2, -0.15) is 0 Å². The lowest BCUT2D eigenvalue weighted by molar-refractivity contribution is -0.161. The van der Waals surface area contributed by atoms with Gasteiger partial charge in [-0.25, -0.2) is 0 Å². The summed E-state index contributed by atoms with van der Waals surface area (Å²) in [6.45, 7) is 3.90. The van der Waals surface area contributed by atoms with Crippen LogP contribution in [0.4, 0.5) is 0 Å². The molecular formula is C71H114O5. The van der Waals surface area contributed by atoms with Crippen molar-refractivity contribution in [3.05, 3.63) is 158 Å². The van der Waals surface area contributed by atoms with E-state index in [0.29, 0.717) is 12.8 Å². The van der Waals surface area contributed by atoms with Gasteiger partial charge in [-0.05, 0) is 122 Å². The Hall–Kier alpha value is -4.48. The van der Waals surface area contributed by atoms with E-state index in [1.54, 1.807) is 0 Å². The van der Waals surface area contributed by atoms with Crippen molar-refractivity contribution in [1.82, 2.24) is 0 Å². The number of hydrogen-bond donors (Lipinski definition) is 1. The number of esters is 2. The maximum Gasteiger partial charge on any atom is 0.306 e. The van der Waals surface area contributed by atoms with Crippen molar-refractivity contribution in [3.8, 4) is 0 Å². The van der Waals surface area contributed by atoms with E-state index in [0.717, 1.165) is 141 Å². The molecule has 1 atom stereocenters. The van der Waals surface area contributed by atoms with E-state index in [9.17, 15) is 14.7 Å². The number of aliphatic hydroxyl groups excluding tert-OH is 1. The van der Waals surface area contributed by atoms with Crippen molar-refractivity contribution in [2.75, 3.05) is 13.2 Å². The van der Waals surface area contributed by atoms with Crippen molar-refractivity contribution in [2.24, 2.45) is 0 Å². The van der Waals surface area contributed by atoms with Gasteiger partial charge in [0.15, 0.2) is 6.10 Å². The zero-order chi connectivity index (χ0) is 54.8. The Balaban J connectivity index is 3.56. The van der Waals surface area contributed by atoms with Gasteiger partial charge >= 0.3 is 11.9 Å². The number of carbonyl (C=O) groups excluding carboxylic acids is 2. The van der Waals surface area contributed by atoms with Crippen LogP contribution in [-0.4, -0.2) is 36.4 Å². The zero-order valence-corrected chi connectivity index (χ0v) is 49.0. The first-order valence-electron chi connectivity index (χ1n) is 31.0. The third-order valence-electron chi connectivity index (χ3n) is 12.8. The number of ether oxygens (including phenoxy) is 2. The van der Waals surface area contributed by atoms with Crippen LogP contribution in [0.3, 0.4) is 0 Å². The largest absolute Gasteiger partial charge is 0.462 e. The van der Waals surface area contributed by atoms with E-state index >= 15 is 0 Å². The smallest absolute Gasteiger partial charge is 0.306 e. The van der Waals surface area contributed by atoms with Crippen molar-refractivity contribution in [3.63, 3.8) is 0 Å². The fourth-order valence-electron chi connectivity index (χ4n) is 8.25. The number of aliphatic hydroxyl groups is 1. The molecule has 0 radical (unpaired) electrons. The SMILES string of the molecule is CC/C=C\C/C=C\C/C=C\C/C=C\C/C=C\C/C=C\C/C=C\CCCCCCCC(=O)OC(CO)COC(=O)CCCCCCCCCCCCCCCCCC/C=C\C/C=C\C/C=C\C/C=C\C/C=C\C/C=C\CC. The van der Waals surface area contributed by atoms with Crippen molar-refractivity contribution < 1.29 is 24.2 Å².